The summed E-state index contributed by atoms with van der Waals surface area (Å²) < 4.78 is 0. The fraction of sp³-hybridized carbons (Fsp3) is 0.429. The quantitative estimate of drug-likeness (QED) is 0.643. The minimum atomic E-state index is 1.06. The highest BCUT2D eigenvalue weighted by Gasteiger charge is 2.01. The highest BCUT2D eigenvalue weighted by atomic mass is 15.1. The van der Waals surface area contributed by atoms with Crippen LogP contribution in [-0.4, -0.2) is 26.1 Å². The molecule has 0 fully saturated rings. The van der Waals surface area contributed by atoms with E-state index in [4.69, 9.17) is 0 Å². The van der Waals surface area contributed by atoms with Crippen LogP contribution in [0.1, 0.15) is 0 Å². The van der Waals surface area contributed by atoms with E-state index in [1.54, 1.807) is 0 Å². The van der Waals surface area contributed by atoms with Gasteiger partial charge in [-0.3, -0.25) is 0 Å². The number of nitrogens with zero attached hydrogens (tertiary/aromatic N) is 1. The zero-order valence-electron chi connectivity index (χ0n) is 6.60. The van der Waals surface area contributed by atoms with Gasteiger partial charge < -0.3 is 15.2 Å². The first-order chi connectivity index (χ1) is 4.75. The highest BCUT2D eigenvalue weighted by molar-refractivity contribution is 5.65. The van der Waals surface area contributed by atoms with Crippen molar-refractivity contribution in [3.8, 4) is 0 Å². The summed E-state index contributed by atoms with van der Waals surface area (Å²) in [4.78, 5) is 5.14. The summed E-state index contributed by atoms with van der Waals surface area (Å²) >= 11 is 0. The molecule has 0 aromatic carbocycles. The molecule has 0 atom stereocenters. The van der Waals surface area contributed by atoms with Crippen molar-refractivity contribution in [3.05, 3.63) is 12.3 Å². The maximum absolute atomic E-state index is 3.08. The Morgan fingerprint density at radius 3 is 2.60 bits per heavy atom. The minimum absolute atomic E-state index is 1.06. The Morgan fingerprint density at radius 1 is 1.50 bits per heavy atom. The average molecular weight is 139 g/mol. The normalized spacial score (nSPS) is 9.50. The number of rotatable bonds is 2. The molecule has 1 aromatic rings. The van der Waals surface area contributed by atoms with Crippen LogP contribution in [0.2, 0.25) is 0 Å². The first kappa shape index (κ1) is 6.99. The Balaban J connectivity index is 2.90. The summed E-state index contributed by atoms with van der Waals surface area (Å²) in [6.45, 7) is 0. The molecule has 1 aromatic heterocycles. The third-order valence-electron chi connectivity index (χ3n) is 1.46. The van der Waals surface area contributed by atoms with Crippen LogP contribution in [0.5, 0.6) is 0 Å². The van der Waals surface area contributed by atoms with Gasteiger partial charge in [-0.1, -0.05) is 0 Å². The minimum Gasteiger partial charge on any atom is -0.375 e. The van der Waals surface area contributed by atoms with E-state index in [1.807, 2.05) is 33.4 Å². The van der Waals surface area contributed by atoms with Crippen molar-refractivity contribution >= 4 is 11.5 Å². The van der Waals surface area contributed by atoms with Crippen LogP contribution < -0.4 is 10.2 Å². The van der Waals surface area contributed by atoms with Crippen LogP contribution in [0.25, 0.3) is 0 Å². The first-order valence-electron chi connectivity index (χ1n) is 3.28. The summed E-state index contributed by atoms with van der Waals surface area (Å²) in [6, 6.07) is 2.03. The number of hydrogen-bond acceptors (Lipinski definition) is 2. The van der Waals surface area contributed by atoms with Gasteiger partial charge in [0.15, 0.2) is 0 Å². The van der Waals surface area contributed by atoms with Gasteiger partial charge in [-0.05, 0) is 6.07 Å². The molecule has 3 heteroatoms. The predicted octanol–water partition coefficient (Wildman–Crippen LogP) is 1.12. The number of aromatic nitrogens is 1. The van der Waals surface area contributed by atoms with Gasteiger partial charge in [-0.25, -0.2) is 0 Å². The molecule has 0 aliphatic heterocycles. The largest absolute Gasteiger partial charge is 0.375 e. The van der Waals surface area contributed by atoms with Gasteiger partial charge in [0.1, 0.15) is 5.82 Å². The van der Waals surface area contributed by atoms with E-state index in [-0.39, 0.29) is 0 Å². The van der Waals surface area contributed by atoms with Crippen molar-refractivity contribution in [2.75, 3.05) is 31.4 Å². The van der Waals surface area contributed by atoms with E-state index in [0.29, 0.717) is 0 Å². The summed E-state index contributed by atoms with van der Waals surface area (Å²) in [7, 11) is 5.94. The third-order valence-corrected chi connectivity index (χ3v) is 1.46. The van der Waals surface area contributed by atoms with Crippen molar-refractivity contribution in [2.24, 2.45) is 0 Å². The SMILES string of the molecule is CNc1[nH]ccc1N(C)C. The molecule has 2 N–H and O–H groups in total. The van der Waals surface area contributed by atoms with Gasteiger partial charge in [-0.2, -0.15) is 0 Å². The topological polar surface area (TPSA) is 31.1 Å². The third kappa shape index (κ3) is 1.07. The molecule has 0 spiro atoms. The molecule has 0 saturated heterocycles. The Bertz CT molecular complexity index is 202. The maximum Gasteiger partial charge on any atom is 0.127 e. The molecule has 0 aliphatic carbocycles. The molecule has 3 nitrogen and oxygen atoms in total. The molecule has 1 rings (SSSR count). The number of nitrogens with one attached hydrogen (secondary N) is 2. The van der Waals surface area contributed by atoms with Crippen LogP contribution in [0.4, 0.5) is 11.5 Å². The molecule has 0 radical (unpaired) electrons. The second kappa shape index (κ2) is 2.64. The van der Waals surface area contributed by atoms with Gasteiger partial charge in [-0.15, -0.1) is 0 Å². The molecule has 1 heterocycles. The van der Waals surface area contributed by atoms with Gasteiger partial charge in [0.05, 0.1) is 5.69 Å². The Kier molecular flexibility index (Phi) is 1.85. The molecule has 0 bridgehead atoms. The number of anilines is 2. The van der Waals surface area contributed by atoms with E-state index in [0.717, 1.165) is 5.82 Å². The smallest absolute Gasteiger partial charge is 0.127 e. The molecular formula is C7H13N3. The zero-order chi connectivity index (χ0) is 7.56. The standard InChI is InChI=1S/C7H13N3/c1-8-7-6(10(2)3)4-5-9-7/h4-5,8-9H,1-3H3. The van der Waals surface area contributed by atoms with Gasteiger partial charge in [0.25, 0.3) is 0 Å². The van der Waals surface area contributed by atoms with Crippen molar-refractivity contribution < 1.29 is 0 Å². The molecule has 56 valence electrons. The van der Waals surface area contributed by atoms with E-state index in [1.165, 1.54) is 5.69 Å². The molecule has 0 amide bonds. The lowest BCUT2D eigenvalue weighted by Crippen LogP contribution is -2.09. The molecule has 0 saturated carbocycles. The van der Waals surface area contributed by atoms with Gasteiger partial charge >= 0.3 is 0 Å². The summed E-state index contributed by atoms with van der Waals surface area (Å²) in [6.07, 6.45) is 1.92. The van der Waals surface area contributed by atoms with Crippen LogP contribution >= 0.6 is 0 Å². The molecule has 0 aliphatic rings. The summed E-state index contributed by atoms with van der Waals surface area (Å²) in [5.74, 6) is 1.06. The van der Waals surface area contributed by atoms with Gasteiger partial charge in [0.2, 0.25) is 0 Å². The lowest BCUT2D eigenvalue weighted by molar-refractivity contribution is 1.13. The van der Waals surface area contributed by atoms with E-state index < -0.39 is 0 Å². The maximum atomic E-state index is 3.08. The monoisotopic (exact) mass is 139 g/mol. The Labute approximate surface area is 61.0 Å². The molecule has 0 unspecified atom stereocenters. The molecule has 10 heavy (non-hydrogen) atoms. The summed E-state index contributed by atoms with van der Waals surface area (Å²) in [5.41, 5.74) is 1.18. The second-order valence-electron chi connectivity index (χ2n) is 2.38. The molecular weight excluding hydrogens is 126 g/mol. The number of hydrogen-bond donors (Lipinski definition) is 2. The second-order valence-corrected chi connectivity index (χ2v) is 2.38. The Morgan fingerprint density at radius 2 is 2.20 bits per heavy atom. The first-order valence-corrected chi connectivity index (χ1v) is 3.28. The van der Waals surface area contributed by atoms with Crippen LogP contribution in [0.3, 0.4) is 0 Å². The lowest BCUT2D eigenvalue weighted by Gasteiger charge is -2.11. The van der Waals surface area contributed by atoms with Crippen LogP contribution in [0.15, 0.2) is 12.3 Å². The van der Waals surface area contributed by atoms with Crippen molar-refractivity contribution in [1.82, 2.24) is 4.98 Å². The predicted molar refractivity (Wildman–Crippen MR) is 44.7 cm³/mol. The number of aromatic amines is 1. The fourth-order valence-corrected chi connectivity index (χ4v) is 0.934. The van der Waals surface area contributed by atoms with Crippen molar-refractivity contribution in [2.45, 2.75) is 0 Å². The average Bonchev–Trinajstić information content (AvgIpc) is 2.33. The van der Waals surface area contributed by atoms with Gasteiger partial charge in [0, 0.05) is 27.3 Å². The highest BCUT2D eigenvalue weighted by Crippen LogP contribution is 2.20. The van der Waals surface area contributed by atoms with Crippen molar-refractivity contribution in [1.29, 1.82) is 0 Å². The van der Waals surface area contributed by atoms with E-state index in [9.17, 15) is 0 Å². The lowest BCUT2D eigenvalue weighted by atomic mass is 10.4. The van der Waals surface area contributed by atoms with E-state index >= 15 is 0 Å². The van der Waals surface area contributed by atoms with Crippen LogP contribution in [-0.2, 0) is 0 Å². The van der Waals surface area contributed by atoms with Crippen LogP contribution in [0, 0.1) is 0 Å². The summed E-state index contributed by atoms with van der Waals surface area (Å²) in [5, 5.41) is 3.06. The Hall–Kier alpha value is -1.12. The van der Waals surface area contributed by atoms with E-state index in [2.05, 4.69) is 15.2 Å². The van der Waals surface area contributed by atoms with Crippen molar-refractivity contribution in [3.63, 3.8) is 0 Å². The zero-order valence-corrected chi connectivity index (χ0v) is 6.60. The number of H-pyrrole nitrogens is 1. The fourth-order valence-electron chi connectivity index (χ4n) is 0.934.